The molecule has 0 aliphatic carbocycles. The Labute approximate surface area is 121 Å². The fourth-order valence-electron chi connectivity index (χ4n) is 1.26. The standard InChI is InChI=1S/C11H15ClN2O3S2/c1-18-7-6-10(13)11(15)14-19(16,17)9-4-2-8(12)3-5-9/h2-5,10H,6-7,13H2,1H3,(H,14,15)/t10-/m0/s1. The van der Waals surface area contributed by atoms with Gasteiger partial charge in [0.25, 0.3) is 15.9 Å². The fraction of sp³-hybridized carbons (Fsp3) is 0.364. The summed E-state index contributed by atoms with van der Waals surface area (Å²) in [5, 5.41) is 0.418. The van der Waals surface area contributed by atoms with Crippen LogP contribution in [0.3, 0.4) is 0 Å². The fourth-order valence-corrected chi connectivity index (χ4v) is 2.90. The second-order valence-electron chi connectivity index (χ2n) is 3.81. The van der Waals surface area contributed by atoms with Gasteiger partial charge >= 0.3 is 0 Å². The van der Waals surface area contributed by atoms with Crippen LogP contribution in [0.1, 0.15) is 6.42 Å². The molecule has 3 N–H and O–H groups in total. The topological polar surface area (TPSA) is 89.3 Å². The molecule has 0 unspecified atom stereocenters. The van der Waals surface area contributed by atoms with Gasteiger partial charge in [-0.15, -0.1) is 0 Å². The first-order valence-corrected chi connectivity index (χ1v) is 8.69. The van der Waals surface area contributed by atoms with Crippen LogP contribution in [-0.2, 0) is 14.8 Å². The molecule has 0 radical (unpaired) electrons. The van der Waals surface area contributed by atoms with Gasteiger partial charge in [-0.1, -0.05) is 11.6 Å². The van der Waals surface area contributed by atoms with Crippen molar-refractivity contribution in [3.63, 3.8) is 0 Å². The molecule has 1 aromatic rings. The number of sulfonamides is 1. The van der Waals surface area contributed by atoms with Crippen molar-refractivity contribution < 1.29 is 13.2 Å². The summed E-state index contributed by atoms with van der Waals surface area (Å²) in [7, 11) is -3.89. The molecule has 8 heteroatoms. The summed E-state index contributed by atoms with van der Waals surface area (Å²) in [4.78, 5) is 11.6. The molecule has 19 heavy (non-hydrogen) atoms. The van der Waals surface area contributed by atoms with Gasteiger partial charge in [0.15, 0.2) is 0 Å². The number of thioether (sulfide) groups is 1. The Balaban J connectivity index is 2.74. The van der Waals surface area contributed by atoms with Crippen molar-refractivity contribution in [3.05, 3.63) is 29.3 Å². The van der Waals surface area contributed by atoms with Gasteiger partial charge in [-0.05, 0) is 42.7 Å². The van der Waals surface area contributed by atoms with Crippen LogP contribution in [0.2, 0.25) is 5.02 Å². The minimum atomic E-state index is -3.89. The van der Waals surface area contributed by atoms with Crippen molar-refractivity contribution in [2.24, 2.45) is 5.73 Å². The lowest BCUT2D eigenvalue weighted by atomic mass is 10.2. The number of hydrogen-bond acceptors (Lipinski definition) is 5. The highest BCUT2D eigenvalue weighted by Gasteiger charge is 2.21. The summed E-state index contributed by atoms with van der Waals surface area (Å²) in [5.74, 6) is -0.0146. The monoisotopic (exact) mass is 322 g/mol. The average molecular weight is 323 g/mol. The number of rotatable bonds is 6. The summed E-state index contributed by atoms with van der Waals surface area (Å²) in [5.41, 5.74) is 5.60. The molecule has 106 valence electrons. The molecule has 1 atom stereocenters. The van der Waals surface area contributed by atoms with E-state index in [0.29, 0.717) is 17.2 Å². The summed E-state index contributed by atoms with van der Waals surface area (Å²) in [6.07, 6.45) is 2.30. The lowest BCUT2D eigenvalue weighted by molar-refractivity contribution is -0.120. The summed E-state index contributed by atoms with van der Waals surface area (Å²) < 4.78 is 25.7. The molecule has 1 amide bonds. The Morgan fingerprint density at radius 2 is 2.00 bits per heavy atom. The molecule has 5 nitrogen and oxygen atoms in total. The number of carbonyl (C=O) groups excluding carboxylic acids is 1. The third kappa shape index (κ3) is 5.02. The number of hydrogen-bond donors (Lipinski definition) is 2. The maximum absolute atomic E-state index is 11.9. The molecule has 1 rings (SSSR count). The van der Waals surface area contributed by atoms with E-state index in [9.17, 15) is 13.2 Å². The first-order chi connectivity index (χ1) is 8.86. The van der Waals surface area contributed by atoms with Gasteiger partial charge in [0, 0.05) is 5.02 Å². The Hall–Kier alpha value is -0.760. The highest BCUT2D eigenvalue weighted by Crippen LogP contribution is 2.14. The van der Waals surface area contributed by atoms with Gasteiger partial charge in [0.1, 0.15) is 0 Å². The van der Waals surface area contributed by atoms with E-state index in [1.807, 2.05) is 11.0 Å². The molecule has 0 aliphatic heterocycles. The van der Waals surface area contributed by atoms with Crippen molar-refractivity contribution in [1.29, 1.82) is 0 Å². The number of benzene rings is 1. The molecule has 0 bridgehead atoms. The van der Waals surface area contributed by atoms with Crippen LogP contribution in [-0.4, -0.2) is 32.4 Å². The third-order valence-electron chi connectivity index (χ3n) is 2.33. The molecule has 0 saturated heterocycles. The van der Waals surface area contributed by atoms with Crippen LogP contribution < -0.4 is 10.5 Å². The Kier molecular flexibility index (Phi) is 6.12. The van der Waals surface area contributed by atoms with E-state index in [0.717, 1.165) is 0 Å². The lowest BCUT2D eigenvalue weighted by Gasteiger charge is -2.12. The molecular formula is C11H15ClN2O3S2. The zero-order valence-electron chi connectivity index (χ0n) is 10.3. The molecule has 0 aliphatic rings. The molecule has 0 spiro atoms. The van der Waals surface area contributed by atoms with Crippen molar-refractivity contribution >= 4 is 39.3 Å². The van der Waals surface area contributed by atoms with Crippen molar-refractivity contribution in [2.45, 2.75) is 17.4 Å². The Morgan fingerprint density at radius 1 is 1.42 bits per heavy atom. The van der Waals surface area contributed by atoms with E-state index < -0.39 is 22.0 Å². The predicted octanol–water partition coefficient (Wildman–Crippen LogP) is 1.23. The van der Waals surface area contributed by atoms with E-state index in [1.165, 1.54) is 36.0 Å². The van der Waals surface area contributed by atoms with Crippen LogP contribution in [0.15, 0.2) is 29.2 Å². The number of nitrogens with two attached hydrogens (primary N) is 1. The molecule has 0 heterocycles. The van der Waals surface area contributed by atoms with Gasteiger partial charge in [-0.2, -0.15) is 11.8 Å². The van der Waals surface area contributed by atoms with Crippen LogP contribution in [0, 0.1) is 0 Å². The van der Waals surface area contributed by atoms with Crippen molar-refractivity contribution in [3.8, 4) is 0 Å². The van der Waals surface area contributed by atoms with Crippen molar-refractivity contribution in [1.82, 2.24) is 4.72 Å². The lowest BCUT2D eigenvalue weighted by Crippen LogP contribution is -2.43. The highest BCUT2D eigenvalue weighted by molar-refractivity contribution is 7.98. The SMILES string of the molecule is CSCC[C@H](N)C(=O)NS(=O)(=O)c1ccc(Cl)cc1. The zero-order valence-corrected chi connectivity index (χ0v) is 12.7. The van der Waals surface area contributed by atoms with Crippen LogP contribution in [0.25, 0.3) is 0 Å². The summed E-state index contributed by atoms with van der Waals surface area (Å²) >= 11 is 7.21. The van der Waals surface area contributed by atoms with Gasteiger partial charge in [0.2, 0.25) is 0 Å². The minimum Gasteiger partial charge on any atom is -0.320 e. The van der Waals surface area contributed by atoms with Crippen LogP contribution >= 0.6 is 23.4 Å². The van der Waals surface area contributed by atoms with E-state index in [1.54, 1.807) is 0 Å². The van der Waals surface area contributed by atoms with Gasteiger partial charge in [0.05, 0.1) is 10.9 Å². The number of nitrogens with one attached hydrogen (secondary N) is 1. The molecule has 1 aromatic carbocycles. The van der Waals surface area contributed by atoms with E-state index >= 15 is 0 Å². The van der Waals surface area contributed by atoms with E-state index in [2.05, 4.69) is 0 Å². The van der Waals surface area contributed by atoms with E-state index in [4.69, 9.17) is 17.3 Å². The molecule has 0 saturated carbocycles. The first-order valence-electron chi connectivity index (χ1n) is 5.43. The predicted molar refractivity (Wildman–Crippen MR) is 77.8 cm³/mol. The quantitative estimate of drug-likeness (QED) is 0.822. The van der Waals surface area contributed by atoms with Crippen LogP contribution in [0.4, 0.5) is 0 Å². The Bertz CT molecular complexity index is 531. The highest BCUT2D eigenvalue weighted by atomic mass is 35.5. The zero-order chi connectivity index (χ0) is 14.5. The first kappa shape index (κ1) is 16.3. The van der Waals surface area contributed by atoms with Crippen molar-refractivity contribution in [2.75, 3.05) is 12.0 Å². The minimum absolute atomic E-state index is 0.0256. The van der Waals surface area contributed by atoms with Crippen LogP contribution in [0.5, 0.6) is 0 Å². The van der Waals surface area contributed by atoms with Gasteiger partial charge < -0.3 is 5.73 Å². The molecule has 0 fully saturated rings. The second-order valence-corrected chi connectivity index (χ2v) is 6.92. The van der Waals surface area contributed by atoms with Gasteiger partial charge in [-0.3, -0.25) is 4.79 Å². The summed E-state index contributed by atoms with van der Waals surface area (Å²) in [6, 6.07) is 4.69. The summed E-state index contributed by atoms with van der Waals surface area (Å²) in [6.45, 7) is 0. The largest absolute Gasteiger partial charge is 0.320 e. The van der Waals surface area contributed by atoms with E-state index in [-0.39, 0.29) is 4.90 Å². The average Bonchev–Trinajstić information content (AvgIpc) is 2.35. The maximum atomic E-state index is 11.9. The number of amides is 1. The molecule has 0 aromatic heterocycles. The van der Waals surface area contributed by atoms with Gasteiger partial charge in [-0.25, -0.2) is 13.1 Å². The third-order valence-corrected chi connectivity index (χ3v) is 4.59. The maximum Gasteiger partial charge on any atom is 0.264 e. The number of halogens is 1. The number of carbonyl (C=O) groups is 1. The Morgan fingerprint density at radius 3 is 2.53 bits per heavy atom. The smallest absolute Gasteiger partial charge is 0.264 e. The second kappa shape index (κ2) is 7.14. The normalized spacial score (nSPS) is 13.0. The molecular weight excluding hydrogens is 308 g/mol.